The zero-order chi connectivity index (χ0) is 16.9. The van der Waals surface area contributed by atoms with E-state index in [1.54, 1.807) is 6.92 Å². The molecule has 0 saturated heterocycles. The van der Waals surface area contributed by atoms with Gasteiger partial charge in [-0.15, -0.1) is 5.11 Å². The Morgan fingerprint density at radius 1 is 1.04 bits per heavy atom. The first kappa shape index (κ1) is 15.9. The molecule has 0 amide bonds. The minimum atomic E-state index is -0.264. The molecule has 0 atom stereocenters. The van der Waals surface area contributed by atoms with Crippen LogP contribution in [0.1, 0.15) is 12.6 Å². The summed E-state index contributed by atoms with van der Waals surface area (Å²) in [5.41, 5.74) is 3.30. The van der Waals surface area contributed by atoms with E-state index < -0.39 is 0 Å². The molecule has 3 aromatic rings. The van der Waals surface area contributed by atoms with Crippen LogP contribution in [-0.4, -0.2) is 17.1 Å². The van der Waals surface area contributed by atoms with Crippen molar-refractivity contribution < 1.29 is 9.53 Å². The van der Waals surface area contributed by atoms with E-state index in [0.29, 0.717) is 12.3 Å². The number of carbonyl (C=O) groups excluding carboxylic acids is 1. The van der Waals surface area contributed by atoms with Crippen LogP contribution in [-0.2, 0) is 23.0 Å². The van der Waals surface area contributed by atoms with Crippen molar-refractivity contribution >= 4 is 28.2 Å². The number of hydrogen-bond donors (Lipinski definition) is 0. The Morgan fingerprint density at radius 2 is 1.75 bits per heavy atom. The number of nitrogens with zero attached hydrogens (tertiary/aromatic N) is 3. The van der Waals surface area contributed by atoms with Gasteiger partial charge in [0.05, 0.1) is 29.9 Å². The van der Waals surface area contributed by atoms with Crippen molar-refractivity contribution in [2.24, 2.45) is 17.3 Å². The van der Waals surface area contributed by atoms with Crippen LogP contribution in [0.4, 0.5) is 11.4 Å². The molecule has 0 radical (unpaired) electrons. The number of aryl methyl sites for hydroxylation is 1. The van der Waals surface area contributed by atoms with Crippen molar-refractivity contribution in [1.82, 2.24) is 4.57 Å². The summed E-state index contributed by atoms with van der Waals surface area (Å²) in [6, 6.07) is 17.5. The van der Waals surface area contributed by atoms with Gasteiger partial charge in [-0.2, -0.15) is 5.11 Å². The maximum Gasteiger partial charge on any atom is 0.311 e. The van der Waals surface area contributed by atoms with Crippen LogP contribution in [0.3, 0.4) is 0 Å². The van der Waals surface area contributed by atoms with Crippen molar-refractivity contribution in [3.8, 4) is 0 Å². The lowest BCUT2D eigenvalue weighted by molar-refractivity contribution is -0.142. The van der Waals surface area contributed by atoms with E-state index in [2.05, 4.69) is 10.2 Å². The fourth-order valence-electron chi connectivity index (χ4n) is 2.69. The lowest BCUT2D eigenvalue weighted by Crippen LogP contribution is -2.10. The molecule has 0 saturated carbocycles. The second-order valence-corrected chi connectivity index (χ2v) is 5.39. The van der Waals surface area contributed by atoms with Crippen LogP contribution < -0.4 is 0 Å². The monoisotopic (exact) mass is 321 g/mol. The Labute approximate surface area is 140 Å². The number of para-hydroxylation sites is 1. The van der Waals surface area contributed by atoms with Crippen molar-refractivity contribution in [3.63, 3.8) is 0 Å². The van der Waals surface area contributed by atoms with E-state index in [0.717, 1.165) is 22.3 Å². The summed E-state index contributed by atoms with van der Waals surface area (Å²) >= 11 is 0. The number of fused-ring (bicyclic) bond motifs is 1. The van der Waals surface area contributed by atoms with Gasteiger partial charge >= 0.3 is 5.97 Å². The zero-order valence-corrected chi connectivity index (χ0v) is 13.8. The van der Waals surface area contributed by atoms with E-state index in [1.165, 1.54) is 0 Å². The maximum absolute atomic E-state index is 12.0. The normalized spacial score (nSPS) is 11.2. The number of benzene rings is 2. The molecular weight excluding hydrogens is 302 g/mol. The first-order valence-electron chi connectivity index (χ1n) is 7.89. The third-order valence-corrected chi connectivity index (χ3v) is 3.84. The van der Waals surface area contributed by atoms with E-state index >= 15 is 0 Å². The predicted octanol–water partition coefficient (Wildman–Crippen LogP) is 4.70. The molecule has 24 heavy (non-hydrogen) atoms. The van der Waals surface area contributed by atoms with E-state index in [-0.39, 0.29) is 12.4 Å². The molecule has 3 rings (SSSR count). The molecule has 0 fully saturated rings. The summed E-state index contributed by atoms with van der Waals surface area (Å²) in [5.74, 6) is -0.264. The number of ether oxygens (including phenoxy) is 1. The maximum atomic E-state index is 12.0. The van der Waals surface area contributed by atoms with Gasteiger partial charge in [0.1, 0.15) is 5.69 Å². The minimum Gasteiger partial charge on any atom is -0.466 e. The highest BCUT2D eigenvalue weighted by Gasteiger charge is 2.18. The molecule has 2 aromatic carbocycles. The van der Waals surface area contributed by atoms with Gasteiger partial charge in [-0.25, -0.2) is 0 Å². The molecule has 5 nitrogen and oxygen atoms in total. The molecule has 0 bridgehead atoms. The third kappa shape index (κ3) is 3.20. The molecular formula is C19H19N3O2. The molecule has 0 aliphatic carbocycles. The summed E-state index contributed by atoms with van der Waals surface area (Å²) in [7, 11) is 1.93. The van der Waals surface area contributed by atoms with E-state index in [1.807, 2.05) is 66.2 Å². The minimum absolute atomic E-state index is 0.169. The standard InChI is InChI=1S/C19H19N3O2/c1-3-24-18(23)13-17-19(21-20-14-9-5-4-6-10-14)15-11-7-8-12-16(15)22(17)2/h4-12H,3,13H2,1-2H3. The van der Waals surface area contributed by atoms with Gasteiger partial charge in [0.15, 0.2) is 0 Å². The van der Waals surface area contributed by atoms with Crippen LogP contribution >= 0.6 is 0 Å². The number of aromatic nitrogens is 1. The lowest BCUT2D eigenvalue weighted by Gasteiger charge is -2.05. The quantitative estimate of drug-likeness (QED) is 0.505. The molecule has 5 heteroatoms. The summed E-state index contributed by atoms with van der Waals surface area (Å²) < 4.78 is 7.07. The summed E-state index contributed by atoms with van der Waals surface area (Å²) in [5, 5.41) is 9.72. The summed E-state index contributed by atoms with van der Waals surface area (Å²) in [6.45, 7) is 2.17. The number of azo groups is 1. The van der Waals surface area contributed by atoms with Crippen LogP contribution in [0.2, 0.25) is 0 Å². The van der Waals surface area contributed by atoms with E-state index in [4.69, 9.17) is 4.74 Å². The molecule has 0 N–H and O–H groups in total. The molecule has 0 aliphatic rings. The molecule has 0 unspecified atom stereocenters. The first-order chi connectivity index (χ1) is 11.7. The number of carbonyl (C=O) groups is 1. The van der Waals surface area contributed by atoms with Gasteiger partial charge in [0.25, 0.3) is 0 Å². The lowest BCUT2D eigenvalue weighted by atomic mass is 10.2. The largest absolute Gasteiger partial charge is 0.466 e. The second-order valence-electron chi connectivity index (χ2n) is 5.39. The third-order valence-electron chi connectivity index (χ3n) is 3.84. The highest BCUT2D eigenvalue weighted by atomic mass is 16.5. The SMILES string of the molecule is CCOC(=O)Cc1c(N=Nc2ccccc2)c2ccccc2n1C. The number of hydrogen-bond acceptors (Lipinski definition) is 4. The van der Waals surface area contributed by atoms with Crippen molar-refractivity contribution in [2.75, 3.05) is 6.61 Å². The topological polar surface area (TPSA) is 55.9 Å². The fraction of sp³-hybridized carbons (Fsp3) is 0.211. The highest BCUT2D eigenvalue weighted by Crippen LogP contribution is 2.34. The summed E-state index contributed by atoms with van der Waals surface area (Å²) in [6.07, 6.45) is 0.169. The molecule has 0 aliphatic heterocycles. The van der Waals surface area contributed by atoms with E-state index in [9.17, 15) is 4.79 Å². The molecule has 1 aromatic heterocycles. The number of rotatable bonds is 5. The molecule has 0 spiro atoms. The molecule has 1 heterocycles. The Morgan fingerprint density at radius 3 is 2.50 bits per heavy atom. The Kier molecular flexibility index (Phi) is 4.70. The van der Waals surface area contributed by atoms with Crippen molar-refractivity contribution in [3.05, 3.63) is 60.3 Å². The average Bonchev–Trinajstić information content (AvgIpc) is 2.87. The Bertz CT molecular complexity index is 882. The van der Waals surface area contributed by atoms with Crippen LogP contribution in [0.5, 0.6) is 0 Å². The van der Waals surface area contributed by atoms with Gasteiger partial charge < -0.3 is 9.30 Å². The zero-order valence-electron chi connectivity index (χ0n) is 13.8. The van der Waals surface area contributed by atoms with Crippen LogP contribution in [0.15, 0.2) is 64.8 Å². The smallest absolute Gasteiger partial charge is 0.311 e. The Hall–Kier alpha value is -2.95. The van der Waals surface area contributed by atoms with Gasteiger partial charge in [-0.3, -0.25) is 4.79 Å². The van der Waals surface area contributed by atoms with Gasteiger partial charge in [0.2, 0.25) is 0 Å². The molecule has 122 valence electrons. The van der Waals surface area contributed by atoms with Gasteiger partial charge in [-0.1, -0.05) is 36.4 Å². The highest BCUT2D eigenvalue weighted by molar-refractivity contribution is 5.95. The van der Waals surface area contributed by atoms with Gasteiger partial charge in [0, 0.05) is 12.4 Å². The van der Waals surface area contributed by atoms with Crippen LogP contribution in [0, 0.1) is 0 Å². The second kappa shape index (κ2) is 7.08. The first-order valence-corrected chi connectivity index (χ1v) is 7.89. The Balaban J connectivity index is 2.06. The van der Waals surface area contributed by atoms with Gasteiger partial charge in [-0.05, 0) is 25.1 Å². The predicted molar refractivity (Wildman–Crippen MR) is 93.9 cm³/mol. The average molecular weight is 321 g/mol. The summed E-state index contributed by atoms with van der Waals surface area (Å²) in [4.78, 5) is 12.0. The van der Waals surface area contributed by atoms with Crippen molar-refractivity contribution in [2.45, 2.75) is 13.3 Å². The van der Waals surface area contributed by atoms with Crippen LogP contribution in [0.25, 0.3) is 10.9 Å². The number of esters is 1. The van der Waals surface area contributed by atoms with Crippen molar-refractivity contribution in [1.29, 1.82) is 0 Å². The fourth-order valence-corrected chi connectivity index (χ4v) is 2.69.